The van der Waals surface area contributed by atoms with Gasteiger partial charge in [0.2, 0.25) is 0 Å². The van der Waals surface area contributed by atoms with E-state index in [2.05, 4.69) is 32.8 Å². The van der Waals surface area contributed by atoms with Crippen LogP contribution in [0.15, 0.2) is 0 Å². The van der Waals surface area contributed by atoms with E-state index in [1.807, 2.05) is 11.3 Å². The molecular weight excluding hydrogens is 204 g/mol. The molecule has 1 atom stereocenters. The van der Waals surface area contributed by atoms with E-state index in [0.717, 1.165) is 6.04 Å². The standard InChI is InChI=1S/C12H20N2S/c1-8(2)12-13-10-6-5-9(14(3)4)7-11(10)15-12/h8-9H,5-7H2,1-4H3. The van der Waals surface area contributed by atoms with Gasteiger partial charge in [0.15, 0.2) is 0 Å². The van der Waals surface area contributed by atoms with Crippen molar-refractivity contribution in [3.63, 3.8) is 0 Å². The molecule has 0 saturated carbocycles. The summed E-state index contributed by atoms with van der Waals surface area (Å²) in [6, 6.07) is 0.720. The number of rotatable bonds is 2. The number of likely N-dealkylation sites (N-methyl/N-ethyl adjacent to an activating group) is 1. The van der Waals surface area contributed by atoms with Gasteiger partial charge in [0.05, 0.1) is 10.7 Å². The van der Waals surface area contributed by atoms with Gasteiger partial charge in [0.1, 0.15) is 0 Å². The number of fused-ring (bicyclic) bond motifs is 1. The lowest BCUT2D eigenvalue weighted by Gasteiger charge is -2.27. The van der Waals surface area contributed by atoms with Gasteiger partial charge < -0.3 is 4.90 Å². The van der Waals surface area contributed by atoms with Crippen molar-refractivity contribution in [3.8, 4) is 0 Å². The third-order valence-corrected chi connectivity index (χ3v) is 4.57. The Labute approximate surface area is 96.3 Å². The smallest absolute Gasteiger partial charge is 0.0956 e. The Bertz CT molecular complexity index is 341. The summed E-state index contributed by atoms with van der Waals surface area (Å²) in [5.41, 5.74) is 1.38. The average Bonchev–Trinajstić information content (AvgIpc) is 2.59. The minimum absolute atomic E-state index is 0.582. The highest BCUT2D eigenvalue weighted by Crippen LogP contribution is 2.31. The first kappa shape index (κ1) is 11.1. The Morgan fingerprint density at radius 3 is 2.73 bits per heavy atom. The van der Waals surface area contributed by atoms with Gasteiger partial charge >= 0.3 is 0 Å². The molecule has 0 aliphatic heterocycles. The second-order valence-corrected chi connectivity index (χ2v) is 6.05. The van der Waals surface area contributed by atoms with Crippen LogP contribution in [0.5, 0.6) is 0 Å². The zero-order chi connectivity index (χ0) is 11.0. The van der Waals surface area contributed by atoms with E-state index in [1.165, 1.54) is 34.8 Å². The molecule has 0 saturated heterocycles. The first-order valence-corrected chi connectivity index (χ1v) is 6.54. The maximum absolute atomic E-state index is 4.74. The molecule has 1 unspecified atom stereocenters. The number of thiazole rings is 1. The van der Waals surface area contributed by atoms with Crippen LogP contribution in [0.25, 0.3) is 0 Å². The molecule has 2 nitrogen and oxygen atoms in total. The van der Waals surface area contributed by atoms with Crippen molar-refractivity contribution in [1.82, 2.24) is 9.88 Å². The normalized spacial score (nSPS) is 21.1. The molecule has 2 rings (SSSR count). The minimum Gasteiger partial charge on any atom is -0.306 e. The Morgan fingerprint density at radius 1 is 1.40 bits per heavy atom. The van der Waals surface area contributed by atoms with Crippen LogP contribution >= 0.6 is 11.3 Å². The lowest BCUT2D eigenvalue weighted by Crippen LogP contribution is -2.32. The largest absolute Gasteiger partial charge is 0.306 e. The molecule has 0 N–H and O–H groups in total. The van der Waals surface area contributed by atoms with Crippen LogP contribution in [0, 0.1) is 0 Å². The molecule has 0 radical (unpaired) electrons. The van der Waals surface area contributed by atoms with Gasteiger partial charge in [-0.25, -0.2) is 4.98 Å². The summed E-state index contributed by atoms with van der Waals surface area (Å²) >= 11 is 1.93. The molecule has 1 aliphatic carbocycles. The molecule has 0 bridgehead atoms. The van der Waals surface area contributed by atoms with E-state index in [4.69, 9.17) is 4.98 Å². The SMILES string of the molecule is CC(C)c1nc2c(s1)CC(N(C)C)CC2. The zero-order valence-corrected chi connectivity index (χ0v) is 10.9. The fourth-order valence-electron chi connectivity index (χ4n) is 2.07. The van der Waals surface area contributed by atoms with Crippen molar-refractivity contribution in [1.29, 1.82) is 0 Å². The van der Waals surface area contributed by atoms with Crippen molar-refractivity contribution < 1.29 is 0 Å². The minimum atomic E-state index is 0.582. The van der Waals surface area contributed by atoms with Crippen LogP contribution < -0.4 is 0 Å². The summed E-state index contributed by atoms with van der Waals surface area (Å²) in [6.45, 7) is 4.46. The highest BCUT2D eigenvalue weighted by atomic mass is 32.1. The van der Waals surface area contributed by atoms with Crippen molar-refractivity contribution in [2.45, 2.75) is 45.1 Å². The number of hydrogen-bond donors (Lipinski definition) is 0. The van der Waals surface area contributed by atoms with Gasteiger partial charge in [-0.05, 0) is 33.4 Å². The summed E-state index contributed by atoms with van der Waals surface area (Å²) in [7, 11) is 4.36. The van der Waals surface area contributed by atoms with Crippen molar-refractivity contribution in [3.05, 3.63) is 15.6 Å². The van der Waals surface area contributed by atoms with E-state index in [1.54, 1.807) is 0 Å². The molecule has 84 valence electrons. The average molecular weight is 224 g/mol. The van der Waals surface area contributed by atoms with Gasteiger partial charge in [-0.1, -0.05) is 13.8 Å². The van der Waals surface area contributed by atoms with Crippen LogP contribution in [-0.4, -0.2) is 30.0 Å². The zero-order valence-electron chi connectivity index (χ0n) is 10.1. The van der Waals surface area contributed by atoms with Crippen molar-refractivity contribution >= 4 is 11.3 Å². The molecule has 1 aromatic rings. The van der Waals surface area contributed by atoms with Crippen molar-refractivity contribution in [2.75, 3.05) is 14.1 Å². The van der Waals surface area contributed by atoms with Gasteiger partial charge in [-0.2, -0.15) is 0 Å². The Morgan fingerprint density at radius 2 is 2.13 bits per heavy atom. The van der Waals surface area contributed by atoms with Crippen LogP contribution in [0.2, 0.25) is 0 Å². The van der Waals surface area contributed by atoms with Gasteiger partial charge in [0, 0.05) is 16.8 Å². The molecule has 1 aliphatic rings. The molecule has 0 spiro atoms. The van der Waals surface area contributed by atoms with Crippen LogP contribution in [0.4, 0.5) is 0 Å². The third-order valence-electron chi connectivity index (χ3n) is 3.15. The molecule has 1 aromatic heterocycles. The second kappa shape index (κ2) is 4.22. The van der Waals surface area contributed by atoms with E-state index in [9.17, 15) is 0 Å². The van der Waals surface area contributed by atoms with E-state index < -0.39 is 0 Å². The molecule has 3 heteroatoms. The maximum atomic E-state index is 4.74. The Kier molecular flexibility index (Phi) is 3.12. The second-order valence-electron chi connectivity index (χ2n) is 4.94. The van der Waals surface area contributed by atoms with Gasteiger partial charge in [-0.3, -0.25) is 0 Å². The summed E-state index contributed by atoms with van der Waals surface area (Å²) in [5.74, 6) is 0.582. The molecular formula is C12H20N2S. The molecule has 1 heterocycles. The van der Waals surface area contributed by atoms with E-state index in [-0.39, 0.29) is 0 Å². The highest BCUT2D eigenvalue weighted by molar-refractivity contribution is 7.11. The monoisotopic (exact) mass is 224 g/mol. The molecule has 0 amide bonds. The molecule has 0 aromatic carbocycles. The fourth-order valence-corrected chi connectivity index (χ4v) is 3.25. The summed E-state index contributed by atoms with van der Waals surface area (Å²) < 4.78 is 0. The van der Waals surface area contributed by atoms with Crippen molar-refractivity contribution in [2.24, 2.45) is 0 Å². The van der Waals surface area contributed by atoms with Crippen LogP contribution in [-0.2, 0) is 12.8 Å². The topological polar surface area (TPSA) is 16.1 Å². The first-order valence-electron chi connectivity index (χ1n) is 5.73. The summed E-state index contributed by atoms with van der Waals surface area (Å²) in [4.78, 5) is 8.62. The lowest BCUT2D eigenvalue weighted by atomic mass is 9.97. The summed E-state index contributed by atoms with van der Waals surface area (Å²) in [6.07, 6.45) is 3.63. The highest BCUT2D eigenvalue weighted by Gasteiger charge is 2.24. The number of aromatic nitrogens is 1. The quantitative estimate of drug-likeness (QED) is 0.768. The fraction of sp³-hybridized carbons (Fsp3) is 0.750. The van der Waals surface area contributed by atoms with Crippen LogP contribution in [0.3, 0.4) is 0 Å². The predicted molar refractivity (Wildman–Crippen MR) is 65.7 cm³/mol. The van der Waals surface area contributed by atoms with E-state index in [0.29, 0.717) is 5.92 Å². The first-order chi connectivity index (χ1) is 7.08. The lowest BCUT2D eigenvalue weighted by molar-refractivity contribution is 0.269. The molecule has 0 fully saturated rings. The summed E-state index contributed by atoms with van der Waals surface area (Å²) in [5, 5.41) is 1.32. The van der Waals surface area contributed by atoms with Crippen LogP contribution in [0.1, 0.15) is 41.8 Å². The van der Waals surface area contributed by atoms with Gasteiger partial charge in [0.25, 0.3) is 0 Å². The van der Waals surface area contributed by atoms with E-state index >= 15 is 0 Å². The Hall–Kier alpha value is -0.410. The number of hydrogen-bond acceptors (Lipinski definition) is 3. The number of aryl methyl sites for hydroxylation is 1. The number of nitrogens with zero attached hydrogens (tertiary/aromatic N) is 2. The maximum Gasteiger partial charge on any atom is 0.0956 e. The molecule has 15 heavy (non-hydrogen) atoms. The predicted octanol–water partition coefficient (Wildman–Crippen LogP) is 2.69. The van der Waals surface area contributed by atoms with Gasteiger partial charge in [-0.15, -0.1) is 11.3 Å². The Balaban J connectivity index is 2.19. The third kappa shape index (κ3) is 2.23.